The third-order valence-electron chi connectivity index (χ3n) is 3.10. The van der Waals surface area contributed by atoms with E-state index in [2.05, 4.69) is 11.8 Å². The van der Waals surface area contributed by atoms with Crippen LogP contribution in [0.15, 0.2) is 18.2 Å². The lowest BCUT2D eigenvalue weighted by Crippen LogP contribution is -2.17. The highest BCUT2D eigenvalue weighted by molar-refractivity contribution is 6.35. The molecule has 0 bridgehead atoms. The molecule has 1 aliphatic rings. The molecule has 3 atom stereocenters. The Bertz CT molecular complexity index is 522. The zero-order valence-corrected chi connectivity index (χ0v) is 12.6. The number of aliphatic hydroxyl groups excluding tert-OH is 1. The highest BCUT2D eigenvalue weighted by atomic mass is 35.5. The van der Waals surface area contributed by atoms with Crippen LogP contribution in [0.3, 0.4) is 0 Å². The van der Waals surface area contributed by atoms with Gasteiger partial charge in [0.2, 0.25) is 0 Å². The number of aliphatic hydroxyl groups is 1. The van der Waals surface area contributed by atoms with Crippen LogP contribution in [0, 0.1) is 17.8 Å². The molecule has 1 aromatic carbocycles. The standard InChI is InChI=1S/C15H16Cl2O3/c1-2-3-10-6-13(20-15(10)18)9-19-8-11-4-5-12(16)7-14(11)17/h4-5,7,10,13,15,18H,6,8-9H2,1H3. The van der Waals surface area contributed by atoms with E-state index < -0.39 is 6.29 Å². The largest absolute Gasteiger partial charge is 0.374 e. The predicted octanol–water partition coefficient (Wildman–Crippen LogP) is 3.26. The van der Waals surface area contributed by atoms with Crippen LogP contribution in [-0.4, -0.2) is 24.1 Å². The van der Waals surface area contributed by atoms with Crippen molar-refractivity contribution in [1.82, 2.24) is 0 Å². The minimum Gasteiger partial charge on any atom is -0.374 e. The second-order valence-corrected chi connectivity index (χ2v) is 5.48. The van der Waals surface area contributed by atoms with E-state index in [-0.39, 0.29) is 12.0 Å². The molecule has 5 heteroatoms. The van der Waals surface area contributed by atoms with E-state index in [1.165, 1.54) is 0 Å². The summed E-state index contributed by atoms with van der Waals surface area (Å²) in [6.45, 7) is 2.53. The molecule has 0 amide bonds. The lowest BCUT2D eigenvalue weighted by atomic mass is 10.1. The first-order valence-corrected chi connectivity index (χ1v) is 7.13. The van der Waals surface area contributed by atoms with Gasteiger partial charge in [-0.15, -0.1) is 5.92 Å². The zero-order chi connectivity index (χ0) is 14.5. The molecule has 20 heavy (non-hydrogen) atoms. The molecule has 1 saturated heterocycles. The smallest absolute Gasteiger partial charge is 0.168 e. The summed E-state index contributed by atoms with van der Waals surface area (Å²) in [5, 5.41) is 10.8. The van der Waals surface area contributed by atoms with Crippen LogP contribution in [-0.2, 0) is 16.1 Å². The van der Waals surface area contributed by atoms with E-state index >= 15 is 0 Å². The monoisotopic (exact) mass is 314 g/mol. The molecule has 1 aliphatic heterocycles. The molecular weight excluding hydrogens is 299 g/mol. The first-order chi connectivity index (χ1) is 9.60. The van der Waals surface area contributed by atoms with Crippen LogP contribution in [0.5, 0.6) is 0 Å². The van der Waals surface area contributed by atoms with Crippen molar-refractivity contribution in [3.05, 3.63) is 33.8 Å². The first kappa shape index (κ1) is 15.6. The van der Waals surface area contributed by atoms with Crippen molar-refractivity contribution < 1.29 is 14.6 Å². The summed E-state index contributed by atoms with van der Waals surface area (Å²) in [4.78, 5) is 0. The molecule has 3 nitrogen and oxygen atoms in total. The molecule has 1 aromatic rings. The Morgan fingerprint density at radius 1 is 1.45 bits per heavy atom. The number of ether oxygens (including phenoxy) is 2. The van der Waals surface area contributed by atoms with Gasteiger partial charge in [-0.2, -0.15) is 0 Å². The Labute approximate surface area is 128 Å². The molecule has 0 radical (unpaired) electrons. The van der Waals surface area contributed by atoms with Gasteiger partial charge in [0, 0.05) is 10.0 Å². The first-order valence-electron chi connectivity index (χ1n) is 6.37. The summed E-state index contributed by atoms with van der Waals surface area (Å²) in [7, 11) is 0. The van der Waals surface area contributed by atoms with E-state index in [0.29, 0.717) is 29.7 Å². The van der Waals surface area contributed by atoms with Crippen LogP contribution in [0.4, 0.5) is 0 Å². The Morgan fingerprint density at radius 3 is 2.95 bits per heavy atom. The molecule has 1 N–H and O–H groups in total. The molecule has 1 fully saturated rings. The van der Waals surface area contributed by atoms with Gasteiger partial charge in [-0.3, -0.25) is 0 Å². The van der Waals surface area contributed by atoms with Gasteiger partial charge in [-0.1, -0.05) is 35.2 Å². The third-order valence-corrected chi connectivity index (χ3v) is 3.69. The molecule has 0 saturated carbocycles. The number of halogens is 2. The highest BCUT2D eigenvalue weighted by Gasteiger charge is 2.32. The summed E-state index contributed by atoms with van der Waals surface area (Å²) >= 11 is 11.9. The normalized spacial score (nSPS) is 25.3. The van der Waals surface area contributed by atoms with Crippen LogP contribution in [0.1, 0.15) is 18.9 Å². The van der Waals surface area contributed by atoms with Gasteiger partial charge in [0.15, 0.2) is 6.29 Å². The number of rotatable bonds is 4. The van der Waals surface area contributed by atoms with Crippen LogP contribution >= 0.6 is 23.2 Å². The molecular formula is C15H16Cl2O3. The maximum atomic E-state index is 9.67. The lowest BCUT2D eigenvalue weighted by molar-refractivity contribution is -0.117. The van der Waals surface area contributed by atoms with Gasteiger partial charge in [0.25, 0.3) is 0 Å². The number of hydrogen-bond donors (Lipinski definition) is 1. The fraction of sp³-hybridized carbons (Fsp3) is 0.467. The molecule has 1 heterocycles. The summed E-state index contributed by atoms with van der Waals surface area (Å²) < 4.78 is 11.0. The fourth-order valence-electron chi connectivity index (χ4n) is 2.11. The molecule has 3 unspecified atom stereocenters. The molecule has 0 aromatic heterocycles. The Balaban J connectivity index is 1.80. The predicted molar refractivity (Wildman–Crippen MR) is 78.6 cm³/mol. The van der Waals surface area contributed by atoms with Gasteiger partial charge in [-0.05, 0) is 31.0 Å². The average molecular weight is 315 g/mol. The summed E-state index contributed by atoms with van der Waals surface area (Å²) in [5.74, 6) is 5.59. The van der Waals surface area contributed by atoms with Gasteiger partial charge in [0.05, 0.1) is 25.2 Å². The van der Waals surface area contributed by atoms with Gasteiger partial charge in [0.1, 0.15) is 0 Å². The lowest BCUT2D eigenvalue weighted by Gasteiger charge is -2.11. The minimum atomic E-state index is -0.824. The van der Waals surface area contributed by atoms with Gasteiger partial charge < -0.3 is 14.6 Å². The Hall–Kier alpha value is -0.760. The average Bonchev–Trinajstić information content (AvgIpc) is 2.73. The van der Waals surface area contributed by atoms with Crippen LogP contribution < -0.4 is 0 Å². The SMILES string of the molecule is CC#CC1CC(COCc2ccc(Cl)cc2Cl)OC1O. The second kappa shape index (κ2) is 7.31. The minimum absolute atomic E-state index is 0.132. The molecule has 0 spiro atoms. The molecule has 108 valence electrons. The highest BCUT2D eigenvalue weighted by Crippen LogP contribution is 2.26. The molecule has 2 rings (SSSR count). The van der Waals surface area contributed by atoms with Gasteiger partial charge >= 0.3 is 0 Å². The van der Waals surface area contributed by atoms with Crippen molar-refractivity contribution in [2.45, 2.75) is 32.3 Å². The van der Waals surface area contributed by atoms with E-state index in [0.717, 1.165) is 5.56 Å². The van der Waals surface area contributed by atoms with Crippen molar-refractivity contribution in [3.8, 4) is 11.8 Å². The van der Waals surface area contributed by atoms with Gasteiger partial charge in [-0.25, -0.2) is 0 Å². The Kier molecular flexibility index (Phi) is 5.71. The fourth-order valence-corrected chi connectivity index (χ4v) is 2.57. The van der Waals surface area contributed by atoms with Crippen molar-refractivity contribution in [2.24, 2.45) is 5.92 Å². The maximum absolute atomic E-state index is 9.67. The molecule has 0 aliphatic carbocycles. The third kappa shape index (κ3) is 4.12. The van der Waals surface area contributed by atoms with E-state index in [4.69, 9.17) is 32.7 Å². The van der Waals surface area contributed by atoms with E-state index in [1.54, 1.807) is 19.1 Å². The van der Waals surface area contributed by atoms with Crippen molar-refractivity contribution in [2.75, 3.05) is 6.61 Å². The maximum Gasteiger partial charge on any atom is 0.168 e. The summed E-state index contributed by atoms with van der Waals surface area (Å²) in [6, 6.07) is 5.29. The van der Waals surface area contributed by atoms with Crippen molar-refractivity contribution in [1.29, 1.82) is 0 Å². The zero-order valence-electron chi connectivity index (χ0n) is 11.1. The quantitative estimate of drug-likeness (QED) is 0.867. The van der Waals surface area contributed by atoms with Crippen molar-refractivity contribution in [3.63, 3.8) is 0 Å². The summed E-state index contributed by atoms with van der Waals surface area (Å²) in [6.07, 6.45) is -0.284. The number of benzene rings is 1. The second-order valence-electron chi connectivity index (χ2n) is 4.64. The van der Waals surface area contributed by atoms with Crippen LogP contribution in [0.25, 0.3) is 0 Å². The topological polar surface area (TPSA) is 38.7 Å². The van der Waals surface area contributed by atoms with Crippen molar-refractivity contribution >= 4 is 23.2 Å². The Morgan fingerprint density at radius 2 is 2.25 bits per heavy atom. The van der Waals surface area contributed by atoms with Crippen LogP contribution in [0.2, 0.25) is 10.0 Å². The van der Waals surface area contributed by atoms with E-state index in [1.807, 2.05) is 6.07 Å². The number of hydrogen-bond acceptors (Lipinski definition) is 3. The van der Waals surface area contributed by atoms with E-state index in [9.17, 15) is 5.11 Å². The summed E-state index contributed by atoms with van der Waals surface area (Å²) in [5.41, 5.74) is 0.875.